The van der Waals surface area contributed by atoms with E-state index in [0.717, 1.165) is 24.8 Å². The van der Waals surface area contributed by atoms with Gasteiger partial charge in [-0.25, -0.2) is 4.79 Å². The van der Waals surface area contributed by atoms with Crippen molar-refractivity contribution in [3.8, 4) is 5.88 Å². The first-order valence-electron chi connectivity index (χ1n) is 7.90. The van der Waals surface area contributed by atoms with Crippen molar-refractivity contribution in [3.63, 3.8) is 0 Å². The van der Waals surface area contributed by atoms with Gasteiger partial charge in [0.15, 0.2) is 0 Å². The number of aromatic amines is 2. The minimum Gasteiger partial charge on any atom is -0.494 e. The van der Waals surface area contributed by atoms with E-state index in [1.807, 2.05) is 30.3 Å². The number of benzene rings is 1. The molecule has 0 spiro atoms. The smallest absolute Gasteiger partial charge is 0.328 e. The van der Waals surface area contributed by atoms with Gasteiger partial charge >= 0.3 is 5.69 Å². The van der Waals surface area contributed by atoms with Crippen molar-refractivity contribution in [2.75, 3.05) is 0 Å². The third-order valence-electron chi connectivity index (χ3n) is 3.48. The van der Waals surface area contributed by atoms with Crippen molar-refractivity contribution >= 4 is 5.71 Å². The molecule has 0 saturated carbocycles. The summed E-state index contributed by atoms with van der Waals surface area (Å²) in [5.41, 5.74) is -0.254. The summed E-state index contributed by atoms with van der Waals surface area (Å²) in [6.45, 7) is 2.31. The zero-order valence-electron chi connectivity index (χ0n) is 13.5. The van der Waals surface area contributed by atoms with E-state index in [-0.39, 0.29) is 12.2 Å². The fraction of sp³-hybridized carbons (Fsp3) is 0.353. The van der Waals surface area contributed by atoms with E-state index < -0.39 is 17.1 Å². The largest absolute Gasteiger partial charge is 0.494 e. The molecule has 0 unspecified atom stereocenters. The zero-order valence-corrected chi connectivity index (χ0v) is 13.5. The average Bonchev–Trinajstić information content (AvgIpc) is 2.54. The van der Waals surface area contributed by atoms with E-state index in [0.29, 0.717) is 12.1 Å². The standard InChI is InChI=1S/C17H21N3O4/c1-2-3-5-10-13(14-15(21)18-17(23)19-16(14)22)20-24-11-12-8-6-4-7-9-12/h4,6-9H,2-3,5,10-11H2,1H3,(H3,18,19,21,22,23). The van der Waals surface area contributed by atoms with Crippen LogP contribution in [0.25, 0.3) is 0 Å². The van der Waals surface area contributed by atoms with Crippen LogP contribution < -0.4 is 11.2 Å². The fourth-order valence-electron chi connectivity index (χ4n) is 2.26. The summed E-state index contributed by atoms with van der Waals surface area (Å²) in [5.74, 6) is -0.498. The van der Waals surface area contributed by atoms with Crippen molar-refractivity contribution < 1.29 is 9.94 Å². The van der Waals surface area contributed by atoms with Crippen molar-refractivity contribution in [2.45, 2.75) is 39.2 Å². The van der Waals surface area contributed by atoms with Crippen LogP contribution >= 0.6 is 0 Å². The third-order valence-corrected chi connectivity index (χ3v) is 3.48. The number of oxime groups is 1. The van der Waals surface area contributed by atoms with Gasteiger partial charge in [0.1, 0.15) is 12.2 Å². The van der Waals surface area contributed by atoms with E-state index in [1.54, 1.807) is 0 Å². The molecule has 0 bridgehead atoms. The molecule has 128 valence electrons. The number of nitrogens with one attached hydrogen (secondary N) is 2. The maximum absolute atomic E-state index is 12.0. The maximum atomic E-state index is 12.0. The molecule has 0 amide bonds. The topological polar surface area (TPSA) is 108 Å². The van der Waals surface area contributed by atoms with E-state index in [4.69, 9.17) is 4.84 Å². The highest BCUT2D eigenvalue weighted by Crippen LogP contribution is 2.13. The fourth-order valence-corrected chi connectivity index (χ4v) is 2.26. The van der Waals surface area contributed by atoms with E-state index >= 15 is 0 Å². The van der Waals surface area contributed by atoms with Crippen LogP contribution in [0, 0.1) is 0 Å². The lowest BCUT2D eigenvalue weighted by Gasteiger charge is -2.07. The molecular formula is C17H21N3O4. The Morgan fingerprint density at radius 1 is 1.17 bits per heavy atom. The number of aromatic hydroxyl groups is 1. The second kappa shape index (κ2) is 8.71. The summed E-state index contributed by atoms with van der Waals surface area (Å²) in [5, 5.41) is 13.9. The quantitative estimate of drug-likeness (QED) is 0.392. The molecule has 0 aliphatic heterocycles. The van der Waals surface area contributed by atoms with Gasteiger partial charge in [0, 0.05) is 0 Å². The summed E-state index contributed by atoms with van der Waals surface area (Å²) in [6.07, 6.45) is 3.22. The Hall–Kier alpha value is -2.83. The van der Waals surface area contributed by atoms with Gasteiger partial charge in [-0.2, -0.15) is 0 Å². The number of rotatable bonds is 8. The van der Waals surface area contributed by atoms with Gasteiger partial charge in [-0.05, 0) is 18.4 Å². The van der Waals surface area contributed by atoms with Crippen molar-refractivity contribution in [1.29, 1.82) is 0 Å². The highest BCUT2D eigenvalue weighted by atomic mass is 16.6. The molecule has 7 nitrogen and oxygen atoms in total. The van der Waals surface area contributed by atoms with Crippen LogP contribution in [0.2, 0.25) is 0 Å². The molecule has 1 aromatic heterocycles. The third kappa shape index (κ3) is 4.84. The molecule has 0 radical (unpaired) electrons. The van der Waals surface area contributed by atoms with Crippen LogP contribution in [0.3, 0.4) is 0 Å². The normalized spacial score (nSPS) is 11.5. The first-order valence-corrected chi connectivity index (χ1v) is 7.90. The van der Waals surface area contributed by atoms with E-state index in [9.17, 15) is 14.7 Å². The average molecular weight is 331 g/mol. The zero-order chi connectivity index (χ0) is 17.4. The Balaban J connectivity index is 2.22. The van der Waals surface area contributed by atoms with Gasteiger partial charge in [-0.15, -0.1) is 0 Å². The van der Waals surface area contributed by atoms with Gasteiger partial charge in [0.25, 0.3) is 5.56 Å². The highest BCUT2D eigenvalue weighted by Gasteiger charge is 2.16. The summed E-state index contributed by atoms with van der Waals surface area (Å²) >= 11 is 0. The van der Waals surface area contributed by atoms with Crippen LogP contribution in [-0.4, -0.2) is 20.8 Å². The lowest BCUT2D eigenvalue weighted by atomic mass is 10.1. The Kier molecular flexibility index (Phi) is 6.36. The molecule has 7 heteroatoms. The lowest BCUT2D eigenvalue weighted by Crippen LogP contribution is -2.28. The van der Waals surface area contributed by atoms with Gasteiger partial charge < -0.3 is 9.94 Å². The first kappa shape index (κ1) is 17.5. The van der Waals surface area contributed by atoms with Gasteiger partial charge in [0.2, 0.25) is 5.88 Å². The number of unbranched alkanes of at least 4 members (excludes halogenated alkanes) is 2. The van der Waals surface area contributed by atoms with Crippen molar-refractivity contribution in [2.24, 2.45) is 5.16 Å². The van der Waals surface area contributed by atoms with Crippen LogP contribution in [0.5, 0.6) is 5.88 Å². The number of H-pyrrole nitrogens is 2. The molecule has 3 N–H and O–H groups in total. The monoisotopic (exact) mass is 331 g/mol. The first-order chi connectivity index (χ1) is 11.6. The molecule has 24 heavy (non-hydrogen) atoms. The predicted octanol–water partition coefficient (Wildman–Crippen LogP) is 2.27. The second-order valence-corrected chi connectivity index (χ2v) is 5.39. The lowest BCUT2D eigenvalue weighted by molar-refractivity contribution is 0.130. The molecule has 0 aliphatic carbocycles. The minimum atomic E-state index is -0.764. The molecule has 1 heterocycles. The molecular weight excluding hydrogens is 310 g/mol. The highest BCUT2D eigenvalue weighted by molar-refractivity contribution is 6.01. The van der Waals surface area contributed by atoms with Crippen LogP contribution in [0.15, 0.2) is 45.1 Å². The summed E-state index contributed by atoms with van der Waals surface area (Å²) in [6, 6.07) is 9.49. The molecule has 0 saturated heterocycles. The summed E-state index contributed by atoms with van der Waals surface area (Å²) < 4.78 is 0. The number of nitrogens with zero attached hydrogens (tertiary/aromatic N) is 1. The molecule has 2 rings (SSSR count). The van der Waals surface area contributed by atoms with Crippen molar-refractivity contribution in [1.82, 2.24) is 9.97 Å². The maximum Gasteiger partial charge on any atom is 0.328 e. The number of aromatic nitrogens is 2. The second-order valence-electron chi connectivity index (χ2n) is 5.39. The Labute approximate surface area is 139 Å². The molecule has 0 fully saturated rings. The molecule has 2 aromatic rings. The number of hydrogen-bond acceptors (Lipinski definition) is 5. The molecule has 1 aromatic carbocycles. The van der Waals surface area contributed by atoms with Crippen molar-refractivity contribution in [3.05, 3.63) is 62.3 Å². The van der Waals surface area contributed by atoms with Gasteiger partial charge in [-0.3, -0.25) is 14.8 Å². The summed E-state index contributed by atoms with van der Waals surface area (Å²) in [4.78, 5) is 32.8. The summed E-state index contributed by atoms with van der Waals surface area (Å²) in [7, 11) is 0. The Morgan fingerprint density at radius 2 is 1.92 bits per heavy atom. The van der Waals surface area contributed by atoms with Crippen LogP contribution in [0.1, 0.15) is 43.7 Å². The predicted molar refractivity (Wildman–Crippen MR) is 91.3 cm³/mol. The van der Waals surface area contributed by atoms with E-state index in [2.05, 4.69) is 22.0 Å². The van der Waals surface area contributed by atoms with E-state index in [1.165, 1.54) is 0 Å². The Bertz CT molecular complexity index is 793. The van der Waals surface area contributed by atoms with Crippen LogP contribution in [0.4, 0.5) is 0 Å². The van der Waals surface area contributed by atoms with Crippen LogP contribution in [-0.2, 0) is 11.4 Å². The van der Waals surface area contributed by atoms with Gasteiger partial charge in [0.05, 0.1) is 5.71 Å². The molecule has 0 atom stereocenters. The Morgan fingerprint density at radius 3 is 2.58 bits per heavy atom. The minimum absolute atomic E-state index is 0.0567. The molecule has 0 aliphatic rings. The number of hydrogen-bond donors (Lipinski definition) is 3. The SMILES string of the molecule is CCCCCC(=NOCc1ccccc1)c1c(O)[nH]c(=O)[nH]c1=O. The van der Waals surface area contributed by atoms with Gasteiger partial charge in [-0.1, -0.05) is 55.3 Å².